The van der Waals surface area contributed by atoms with Crippen molar-refractivity contribution < 1.29 is 22.8 Å². The van der Waals surface area contributed by atoms with Gasteiger partial charge in [0.2, 0.25) is 0 Å². The van der Waals surface area contributed by atoms with Gasteiger partial charge in [-0.2, -0.15) is 13.2 Å². The van der Waals surface area contributed by atoms with Crippen molar-refractivity contribution in [3.8, 4) is 0 Å². The average molecular weight is 498 g/mol. The van der Waals surface area contributed by atoms with Crippen LogP contribution < -0.4 is 10.6 Å². The lowest BCUT2D eigenvalue weighted by molar-refractivity contribution is -0.137. The number of fused-ring (bicyclic) bond motifs is 1. The summed E-state index contributed by atoms with van der Waals surface area (Å²) in [6.45, 7) is -0.0278. The summed E-state index contributed by atoms with van der Waals surface area (Å²) in [4.78, 5) is 40.6. The third-order valence-electron chi connectivity index (χ3n) is 4.18. The van der Waals surface area contributed by atoms with Gasteiger partial charge in [-0.3, -0.25) is 9.59 Å². The zero-order chi connectivity index (χ0) is 23.8. The van der Waals surface area contributed by atoms with Gasteiger partial charge in [0.25, 0.3) is 11.8 Å². The Bertz CT molecular complexity index is 1370. The Labute approximate surface area is 191 Å². The molecule has 0 fully saturated rings. The van der Waals surface area contributed by atoms with E-state index in [9.17, 15) is 22.8 Å². The maximum absolute atomic E-state index is 13.0. The molecule has 4 rings (SSSR count). The van der Waals surface area contributed by atoms with E-state index in [1.165, 1.54) is 17.2 Å². The number of anilines is 1. The van der Waals surface area contributed by atoms with Gasteiger partial charge in [0.1, 0.15) is 22.0 Å². The van der Waals surface area contributed by atoms with Gasteiger partial charge in [0.05, 0.1) is 23.3 Å². The molecule has 4 aromatic rings. The van der Waals surface area contributed by atoms with E-state index in [0.29, 0.717) is 16.7 Å². The van der Waals surface area contributed by atoms with Crippen LogP contribution in [-0.2, 0) is 19.8 Å². The second kappa shape index (κ2) is 8.67. The first-order chi connectivity index (χ1) is 15.6. The lowest BCUT2D eigenvalue weighted by Crippen LogP contribution is -2.24. The molecule has 170 valence electrons. The van der Waals surface area contributed by atoms with Crippen LogP contribution in [0.5, 0.6) is 0 Å². The Balaban J connectivity index is 1.42. The molecule has 0 saturated carbocycles. The van der Waals surface area contributed by atoms with Crippen LogP contribution in [0.25, 0.3) is 11.2 Å². The van der Waals surface area contributed by atoms with Gasteiger partial charge in [0.15, 0.2) is 16.9 Å². The molecule has 16 heteroatoms. The summed E-state index contributed by atoms with van der Waals surface area (Å²) in [5.74, 6) is -1.59. The highest BCUT2D eigenvalue weighted by Crippen LogP contribution is 2.35. The largest absolute Gasteiger partial charge is 0.418 e. The molecule has 2 N–H and O–H groups in total. The number of rotatable bonds is 5. The number of carbonyl (C=O) groups excluding carboxylic acids is 2. The number of aromatic nitrogens is 7. The van der Waals surface area contributed by atoms with E-state index in [0.717, 1.165) is 17.5 Å². The maximum atomic E-state index is 13.0. The van der Waals surface area contributed by atoms with Crippen molar-refractivity contribution in [2.24, 2.45) is 7.05 Å². The maximum Gasteiger partial charge on any atom is 0.418 e. The van der Waals surface area contributed by atoms with Crippen molar-refractivity contribution >= 4 is 51.7 Å². The van der Waals surface area contributed by atoms with Crippen molar-refractivity contribution in [2.45, 2.75) is 12.7 Å². The van der Waals surface area contributed by atoms with Gasteiger partial charge in [-0.15, -0.1) is 16.4 Å². The molecule has 33 heavy (non-hydrogen) atoms. The molecule has 4 aromatic heterocycles. The van der Waals surface area contributed by atoms with Crippen molar-refractivity contribution in [3.05, 3.63) is 51.0 Å². The van der Waals surface area contributed by atoms with Crippen LogP contribution in [0.3, 0.4) is 0 Å². The van der Waals surface area contributed by atoms with E-state index in [-0.39, 0.29) is 28.5 Å². The smallest absolute Gasteiger partial charge is 0.344 e. The van der Waals surface area contributed by atoms with Crippen LogP contribution in [0.1, 0.15) is 30.7 Å². The van der Waals surface area contributed by atoms with E-state index in [4.69, 9.17) is 11.6 Å². The summed E-state index contributed by atoms with van der Waals surface area (Å²) in [7, 11) is 1.62. The number of halogens is 4. The molecule has 0 spiro atoms. The number of alkyl halides is 3. The van der Waals surface area contributed by atoms with Gasteiger partial charge in [-0.25, -0.2) is 24.6 Å². The lowest BCUT2D eigenvalue weighted by Gasteiger charge is -2.10. The Morgan fingerprint density at radius 3 is 2.70 bits per heavy atom. The van der Waals surface area contributed by atoms with Gasteiger partial charge >= 0.3 is 6.18 Å². The third kappa shape index (κ3) is 4.73. The molecule has 0 aliphatic heterocycles. The Kier molecular flexibility index (Phi) is 5.90. The summed E-state index contributed by atoms with van der Waals surface area (Å²) in [5.41, 5.74) is -0.487. The lowest BCUT2D eigenvalue weighted by atomic mass is 10.2. The van der Waals surface area contributed by atoms with Crippen molar-refractivity contribution in [1.82, 2.24) is 40.2 Å². The highest BCUT2D eigenvalue weighted by Gasteiger charge is 2.34. The van der Waals surface area contributed by atoms with Crippen molar-refractivity contribution in [2.75, 3.05) is 5.32 Å². The molecule has 2 amide bonds. The first-order valence-electron chi connectivity index (χ1n) is 8.91. The minimum Gasteiger partial charge on any atom is -0.344 e. The van der Waals surface area contributed by atoms with Gasteiger partial charge in [0, 0.05) is 13.2 Å². The first kappa shape index (κ1) is 22.5. The molecule has 0 saturated heterocycles. The quantitative estimate of drug-likeness (QED) is 0.428. The minimum absolute atomic E-state index is 0.0249. The number of nitrogens with zero attached hydrogens (tertiary/aromatic N) is 7. The fourth-order valence-electron chi connectivity index (χ4n) is 2.66. The predicted octanol–water partition coefficient (Wildman–Crippen LogP) is 2.46. The van der Waals surface area contributed by atoms with Crippen LogP contribution in [0.2, 0.25) is 5.02 Å². The van der Waals surface area contributed by atoms with Crippen LogP contribution in [0.4, 0.5) is 19.0 Å². The number of carbonyl (C=O) groups is 2. The monoisotopic (exact) mass is 497 g/mol. The average Bonchev–Trinajstić information content (AvgIpc) is 3.40. The van der Waals surface area contributed by atoms with E-state index >= 15 is 0 Å². The molecule has 0 aromatic carbocycles. The fraction of sp³-hybridized carbons (Fsp3) is 0.176. The van der Waals surface area contributed by atoms with Crippen LogP contribution >= 0.6 is 22.9 Å². The zero-order valence-electron chi connectivity index (χ0n) is 16.4. The van der Waals surface area contributed by atoms with Gasteiger partial charge < -0.3 is 10.6 Å². The second-order valence-corrected chi connectivity index (χ2v) is 7.93. The van der Waals surface area contributed by atoms with Gasteiger partial charge in [-0.05, 0) is 6.07 Å². The summed E-state index contributed by atoms with van der Waals surface area (Å²) in [5, 5.41) is 12.3. The first-order valence-corrected chi connectivity index (χ1v) is 10.1. The van der Waals surface area contributed by atoms with Gasteiger partial charge in [-0.1, -0.05) is 16.8 Å². The molecule has 0 aliphatic rings. The third-order valence-corrected chi connectivity index (χ3v) is 5.48. The molecule has 11 nitrogen and oxygen atoms in total. The number of amides is 2. The Morgan fingerprint density at radius 1 is 1.15 bits per heavy atom. The normalized spacial score (nSPS) is 11.5. The summed E-state index contributed by atoms with van der Waals surface area (Å²) in [6.07, 6.45) is -1.46. The predicted molar refractivity (Wildman–Crippen MR) is 110 cm³/mol. The number of thiazole rings is 1. The number of pyridine rings is 1. The topological polar surface area (TPSA) is 140 Å². The molecule has 0 atom stereocenters. The summed E-state index contributed by atoms with van der Waals surface area (Å²) in [6, 6.07) is 0.636. The molecule has 4 heterocycles. The molecular formula is C17H11ClF3N9O2S. The Hall–Kier alpha value is -3.72. The van der Waals surface area contributed by atoms with Crippen molar-refractivity contribution in [3.63, 3.8) is 0 Å². The fourth-order valence-corrected chi connectivity index (χ4v) is 3.62. The summed E-state index contributed by atoms with van der Waals surface area (Å²) < 4.78 is 40.3. The summed E-state index contributed by atoms with van der Waals surface area (Å²) >= 11 is 6.46. The van der Waals surface area contributed by atoms with Crippen LogP contribution in [0, 0.1) is 0 Å². The number of hydrogen-bond donors (Lipinski definition) is 2. The number of nitrogens with one attached hydrogen (secondary N) is 2. The van der Waals surface area contributed by atoms with Crippen molar-refractivity contribution in [1.29, 1.82) is 0 Å². The number of aryl methyl sites for hydroxylation is 1. The molecular weight excluding hydrogens is 487 g/mol. The minimum atomic E-state index is -4.70. The van der Waals surface area contributed by atoms with E-state index in [1.807, 2.05) is 0 Å². The molecule has 0 radical (unpaired) electrons. The Morgan fingerprint density at radius 2 is 1.94 bits per heavy atom. The van der Waals surface area contributed by atoms with E-state index in [2.05, 4.69) is 40.9 Å². The SMILES string of the molecule is Cn1nnc2c(C(=O)NCc3ncc(C(=O)Nc4cc(C(F)(F)F)c(Cl)cn4)s3)ncnc21. The molecule has 0 aliphatic carbocycles. The van der Waals surface area contributed by atoms with Crippen LogP contribution in [0.15, 0.2) is 24.8 Å². The zero-order valence-corrected chi connectivity index (χ0v) is 18.0. The molecule has 0 unspecified atom stereocenters. The highest BCUT2D eigenvalue weighted by molar-refractivity contribution is 7.13. The second-order valence-electron chi connectivity index (χ2n) is 6.41. The highest BCUT2D eigenvalue weighted by atomic mass is 35.5. The standard InChI is InChI=1S/C17H11ClF3N9O2S/c1-30-14-12(28-29-30)13(25-6-26-14)16(32)24-5-11-23-4-9(33-11)15(31)27-10-2-7(17(19,20)21)8(18)3-22-10/h2-4,6H,5H2,1H3,(H,24,32)(H,22,27,31). The number of hydrogen-bond acceptors (Lipinski definition) is 9. The molecule has 0 bridgehead atoms. The van der Waals surface area contributed by atoms with E-state index in [1.54, 1.807) is 7.05 Å². The van der Waals surface area contributed by atoms with E-state index < -0.39 is 28.6 Å². The van der Waals surface area contributed by atoms with Crippen LogP contribution in [-0.4, -0.2) is 46.7 Å².